The third kappa shape index (κ3) is 2.76. The smallest absolute Gasteiger partial charge is 0.0933 e. The summed E-state index contributed by atoms with van der Waals surface area (Å²) < 4.78 is 2.04. The Morgan fingerprint density at radius 2 is 1.55 bits per heavy atom. The van der Waals surface area contributed by atoms with Crippen molar-refractivity contribution in [2.45, 2.75) is 12.3 Å². The minimum absolute atomic E-state index is 0.434. The number of pyridine rings is 1. The van der Waals surface area contributed by atoms with E-state index >= 15 is 0 Å². The van der Waals surface area contributed by atoms with Crippen molar-refractivity contribution in [1.29, 1.82) is 0 Å². The lowest BCUT2D eigenvalue weighted by molar-refractivity contribution is 0.921. The van der Waals surface area contributed by atoms with Crippen molar-refractivity contribution in [2.24, 2.45) is 0 Å². The Hall–Kier alpha value is -3.65. The average molecular weight is 372 g/mol. The van der Waals surface area contributed by atoms with Crippen LogP contribution in [0.4, 0.5) is 0 Å². The SMILES string of the molecule is C1=c2ccccc2=CC(c2ccc(-c3cc4ccc5ccccc5n4n3)cc2)C1. The Kier molecular flexibility index (Phi) is 3.63. The van der Waals surface area contributed by atoms with E-state index in [0.29, 0.717) is 5.92 Å². The maximum atomic E-state index is 4.89. The van der Waals surface area contributed by atoms with Gasteiger partial charge in [-0.15, -0.1) is 0 Å². The first-order valence-electron chi connectivity index (χ1n) is 10.1. The minimum Gasteiger partial charge on any atom is -0.232 e. The fraction of sp³-hybridized carbons (Fsp3) is 0.0741. The third-order valence-corrected chi connectivity index (χ3v) is 5.94. The van der Waals surface area contributed by atoms with E-state index in [4.69, 9.17) is 5.10 Å². The van der Waals surface area contributed by atoms with Crippen molar-refractivity contribution in [3.05, 3.63) is 107 Å². The monoisotopic (exact) mass is 372 g/mol. The van der Waals surface area contributed by atoms with Crippen LogP contribution >= 0.6 is 0 Å². The molecule has 0 radical (unpaired) electrons. The van der Waals surface area contributed by atoms with Crippen molar-refractivity contribution < 1.29 is 0 Å². The molecule has 1 atom stereocenters. The molecule has 0 saturated heterocycles. The number of aromatic nitrogens is 2. The molecule has 0 saturated carbocycles. The molecule has 2 heteroatoms. The highest BCUT2D eigenvalue weighted by Gasteiger charge is 2.12. The Bertz CT molecular complexity index is 1470. The van der Waals surface area contributed by atoms with Crippen molar-refractivity contribution in [2.75, 3.05) is 0 Å². The molecule has 0 spiro atoms. The summed E-state index contributed by atoms with van der Waals surface area (Å²) in [4.78, 5) is 0. The molecule has 5 aromatic rings. The molecule has 0 bridgehead atoms. The van der Waals surface area contributed by atoms with Crippen LogP contribution < -0.4 is 10.4 Å². The van der Waals surface area contributed by atoms with Gasteiger partial charge in [0.05, 0.1) is 16.7 Å². The molecular weight excluding hydrogens is 352 g/mol. The number of para-hydroxylation sites is 1. The lowest BCUT2D eigenvalue weighted by Gasteiger charge is -2.15. The standard InChI is InChI=1S/C27H20N2/c1-2-7-23-17-24(14-11-19(23)5-1)20-9-12-21(13-10-20)26-18-25-16-15-22-6-3-4-8-27(22)29(25)28-26/h1-13,15-18,24H,14H2. The number of hydrogen-bond donors (Lipinski definition) is 0. The van der Waals surface area contributed by atoms with Crippen LogP contribution in [0.15, 0.2) is 91.0 Å². The lowest BCUT2D eigenvalue weighted by atomic mass is 9.90. The van der Waals surface area contributed by atoms with Gasteiger partial charge in [-0.1, -0.05) is 84.9 Å². The van der Waals surface area contributed by atoms with Crippen LogP contribution in [0.3, 0.4) is 0 Å². The van der Waals surface area contributed by atoms with Crippen molar-refractivity contribution in [3.63, 3.8) is 0 Å². The maximum absolute atomic E-state index is 4.89. The van der Waals surface area contributed by atoms with Crippen LogP contribution in [0, 0.1) is 0 Å². The second kappa shape index (κ2) is 6.46. The van der Waals surface area contributed by atoms with E-state index in [1.807, 2.05) is 4.52 Å². The molecule has 1 aliphatic rings. The summed E-state index contributed by atoms with van der Waals surface area (Å²) in [5.41, 5.74) is 5.78. The van der Waals surface area contributed by atoms with Gasteiger partial charge in [-0.3, -0.25) is 0 Å². The molecule has 138 valence electrons. The summed E-state index contributed by atoms with van der Waals surface area (Å²) >= 11 is 0. The van der Waals surface area contributed by atoms with Gasteiger partial charge >= 0.3 is 0 Å². The Morgan fingerprint density at radius 1 is 0.759 bits per heavy atom. The van der Waals surface area contributed by atoms with E-state index in [-0.39, 0.29) is 0 Å². The first kappa shape index (κ1) is 16.3. The number of nitrogens with zero attached hydrogens (tertiary/aromatic N) is 2. The second-order valence-corrected chi connectivity index (χ2v) is 7.72. The Balaban J connectivity index is 1.37. The van der Waals surface area contributed by atoms with E-state index in [9.17, 15) is 0 Å². The first-order chi connectivity index (χ1) is 14.3. The average Bonchev–Trinajstić information content (AvgIpc) is 3.24. The predicted octanol–water partition coefficient (Wildman–Crippen LogP) is 4.90. The first-order valence-corrected chi connectivity index (χ1v) is 10.1. The Labute approximate surface area is 169 Å². The summed E-state index contributed by atoms with van der Waals surface area (Å²) in [6, 6.07) is 32.4. The van der Waals surface area contributed by atoms with E-state index in [0.717, 1.165) is 28.7 Å². The summed E-state index contributed by atoms with van der Waals surface area (Å²) in [5.74, 6) is 0.434. The van der Waals surface area contributed by atoms with Gasteiger partial charge in [-0.2, -0.15) is 5.10 Å². The molecule has 0 amide bonds. The number of rotatable bonds is 2. The summed E-state index contributed by atoms with van der Waals surface area (Å²) in [6.07, 6.45) is 5.79. The Morgan fingerprint density at radius 3 is 2.45 bits per heavy atom. The summed E-state index contributed by atoms with van der Waals surface area (Å²) in [7, 11) is 0. The lowest BCUT2D eigenvalue weighted by Crippen LogP contribution is -2.27. The molecule has 2 nitrogen and oxygen atoms in total. The fourth-order valence-corrected chi connectivity index (χ4v) is 4.37. The van der Waals surface area contributed by atoms with Crippen molar-refractivity contribution >= 4 is 28.6 Å². The highest BCUT2D eigenvalue weighted by Crippen LogP contribution is 2.27. The molecule has 6 rings (SSSR count). The highest BCUT2D eigenvalue weighted by atomic mass is 15.2. The van der Waals surface area contributed by atoms with Crippen molar-refractivity contribution in [3.8, 4) is 11.3 Å². The van der Waals surface area contributed by atoms with Gasteiger partial charge in [0.1, 0.15) is 0 Å². The molecule has 0 aliphatic heterocycles. The number of benzene rings is 3. The zero-order chi connectivity index (χ0) is 19.2. The van der Waals surface area contributed by atoms with Gasteiger partial charge < -0.3 is 0 Å². The van der Waals surface area contributed by atoms with Crippen LogP contribution in [-0.4, -0.2) is 9.61 Å². The molecule has 1 aliphatic carbocycles. The van der Waals surface area contributed by atoms with Gasteiger partial charge in [-0.05, 0) is 40.6 Å². The van der Waals surface area contributed by atoms with Crippen molar-refractivity contribution in [1.82, 2.24) is 9.61 Å². The minimum atomic E-state index is 0.434. The van der Waals surface area contributed by atoms with Crippen LogP contribution in [-0.2, 0) is 0 Å². The summed E-state index contributed by atoms with van der Waals surface area (Å²) in [6.45, 7) is 0. The third-order valence-electron chi connectivity index (χ3n) is 5.94. The molecule has 0 N–H and O–H groups in total. The number of hydrogen-bond acceptors (Lipinski definition) is 1. The topological polar surface area (TPSA) is 17.3 Å². The zero-order valence-corrected chi connectivity index (χ0v) is 16.0. The quantitative estimate of drug-likeness (QED) is 0.431. The maximum Gasteiger partial charge on any atom is 0.0933 e. The molecule has 29 heavy (non-hydrogen) atoms. The largest absolute Gasteiger partial charge is 0.232 e. The van der Waals surface area contributed by atoms with Crippen LogP contribution in [0.1, 0.15) is 17.9 Å². The van der Waals surface area contributed by atoms with Gasteiger partial charge in [0, 0.05) is 16.9 Å². The molecule has 1 unspecified atom stereocenters. The van der Waals surface area contributed by atoms with Crippen LogP contribution in [0.25, 0.3) is 39.8 Å². The highest BCUT2D eigenvalue weighted by molar-refractivity contribution is 5.83. The number of fused-ring (bicyclic) bond motifs is 4. The van der Waals surface area contributed by atoms with Gasteiger partial charge in [0.15, 0.2) is 0 Å². The van der Waals surface area contributed by atoms with E-state index in [1.165, 1.54) is 21.4 Å². The zero-order valence-electron chi connectivity index (χ0n) is 16.0. The van der Waals surface area contributed by atoms with Crippen LogP contribution in [0.5, 0.6) is 0 Å². The van der Waals surface area contributed by atoms with E-state index in [2.05, 4.69) is 103 Å². The normalized spacial score (nSPS) is 15.7. The fourth-order valence-electron chi connectivity index (χ4n) is 4.37. The summed E-state index contributed by atoms with van der Waals surface area (Å²) in [5, 5.41) is 8.77. The second-order valence-electron chi connectivity index (χ2n) is 7.72. The molecule has 0 fully saturated rings. The molecule has 2 heterocycles. The molecular formula is C27H20N2. The van der Waals surface area contributed by atoms with Crippen LogP contribution in [0.2, 0.25) is 0 Å². The van der Waals surface area contributed by atoms with Gasteiger partial charge in [0.25, 0.3) is 0 Å². The van der Waals surface area contributed by atoms with E-state index < -0.39 is 0 Å². The molecule has 3 aromatic carbocycles. The predicted molar refractivity (Wildman–Crippen MR) is 120 cm³/mol. The molecule has 2 aromatic heterocycles. The van der Waals surface area contributed by atoms with Gasteiger partial charge in [-0.25, -0.2) is 4.52 Å². The van der Waals surface area contributed by atoms with E-state index in [1.54, 1.807) is 0 Å². The van der Waals surface area contributed by atoms with Gasteiger partial charge in [0.2, 0.25) is 0 Å².